The number of rotatable bonds is 5. The lowest BCUT2D eigenvalue weighted by Crippen LogP contribution is -2.24. The number of carbonyl (C=O) groups is 2. The maximum Gasteiger partial charge on any atom is 0.350 e. The second-order valence-corrected chi connectivity index (χ2v) is 6.72. The van der Waals surface area contributed by atoms with Crippen LogP contribution < -0.4 is 0 Å². The van der Waals surface area contributed by atoms with Crippen molar-refractivity contribution >= 4 is 23.1 Å². The van der Waals surface area contributed by atoms with Gasteiger partial charge in [-0.2, -0.15) is 0 Å². The van der Waals surface area contributed by atoms with Crippen LogP contribution in [0.5, 0.6) is 0 Å². The molecule has 0 amide bonds. The molecule has 2 aromatic carbocycles. The minimum Gasteiger partial charge on any atom is -0.450 e. The number of ketones is 1. The molecule has 0 aliphatic rings. The van der Waals surface area contributed by atoms with Crippen LogP contribution >= 0.6 is 11.3 Å². The van der Waals surface area contributed by atoms with Gasteiger partial charge in [-0.05, 0) is 38.1 Å². The normalized spacial score (nSPS) is 11.8. The second-order valence-electron chi connectivity index (χ2n) is 5.72. The quantitative estimate of drug-likeness (QED) is 0.484. The highest BCUT2D eigenvalue weighted by Gasteiger charge is 2.24. The van der Waals surface area contributed by atoms with Gasteiger partial charge in [0.1, 0.15) is 15.7 Å². The summed E-state index contributed by atoms with van der Waals surface area (Å²) >= 11 is 1.23. The lowest BCUT2D eigenvalue weighted by atomic mass is 10.1. The van der Waals surface area contributed by atoms with E-state index in [1.54, 1.807) is 6.92 Å². The number of hydrogen-bond donors (Lipinski definition) is 0. The minimum absolute atomic E-state index is 0.290. The number of benzene rings is 2. The van der Waals surface area contributed by atoms with E-state index in [1.165, 1.54) is 42.5 Å². The van der Waals surface area contributed by atoms with E-state index in [0.717, 1.165) is 5.56 Å². The lowest BCUT2D eigenvalue weighted by Gasteiger charge is -2.11. The Hall–Kier alpha value is -2.86. The topological polar surface area (TPSA) is 56.3 Å². The predicted octanol–water partition coefficient (Wildman–Crippen LogP) is 4.69. The Morgan fingerprint density at radius 3 is 2.38 bits per heavy atom. The third-order valence-corrected chi connectivity index (χ3v) is 4.97. The smallest absolute Gasteiger partial charge is 0.350 e. The Labute approximate surface area is 154 Å². The van der Waals surface area contributed by atoms with Gasteiger partial charge in [0.15, 0.2) is 6.10 Å². The first-order chi connectivity index (χ1) is 12.5. The first kappa shape index (κ1) is 17.9. The molecule has 3 rings (SSSR count). The van der Waals surface area contributed by atoms with Crippen molar-refractivity contribution in [2.24, 2.45) is 0 Å². The Bertz CT molecular complexity index is 935. The molecule has 0 aliphatic carbocycles. The number of ether oxygens (including phenoxy) is 1. The number of carbonyl (C=O) groups excluding carboxylic acids is 2. The highest BCUT2D eigenvalue weighted by Crippen LogP contribution is 2.28. The zero-order valence-electron chi connectivity index (χ0n) is 14.2. The molecule has 1 atom stereocenters. The molecule has 6 heteroatoms. The summed E-state index contributed by atoms with van der Waals surface area (Å²) in [6.45, 7) is 3.23. The maximum absolute atomic E-state index is 13.0. The van der Waals surface area contributed by atoms with Gasteiger partial charge in [-0.3, -0.25) is 4.79 Å². The molecule has 3 aromatic rings. The molecule has 26 heavy (non-hydrogen) atoms. The molecule has 0 unspecified atom stereocenters. The zero-order chi connectivity index (χ0) is 18.7. The molecule has 1 aromatic heterocycles. The molecule has 0 N–H and O–H groups in total. The average molecular weight is 369 g/mol. The number of aromatic nitrogens is 1. The molecule has 132 valence electrons. The zero-order valence-corrected chi connectivity index (χ0v) is 15.0. The van der Waals surface area contributed by atoms with Gasteiger partial charge in [0.2, 0.25) is 5.78 Å². The number of hydrogen-bond acceptors (Lipinski definition) is 5. The number of thiazole rings is 1. The van der Waals surface area contributed by atoms with E-state index >= 15 is 0 Å². The summed E-state index contributed by atoms with van der Waals surface area (Å²) in [6, 6.07) is 14.6. The average Bonchev–Trinajstić information content (AvgIpc) is 3.04. The van der Waals surface area contributed by atoms with Crippen LogP contribution in [0.25, 0.3) is 10.6 Å². The van der Waals surface area contributed by atoms with Gasteiger partial charge >= 0.3 is 5.97 Å². The summed E-state index contributed by atoms with van der Waals surface area (Å²) in [5.74, 6) is -1.41. The minimum atomic E-state index is -0.977. The van der Waals surface area contributed by atoms with Crippen LogP contribution in [-0.2, 0) is 4.74 Å². The van der Waals surface area contributed by atoms with Crippen LogP contribution in [0.4, 0.5) is 4.39 Å². The summed E-state index contributed by atoms with van der Waals surface area (Å²) in [7, 11) is 0. The van der Waals surface area contributed by atoms with E-state index in [9.17, 15) is 14.0 Å². The monoisotopic (exact) mass is 369 g/mol. The Balaban J connectivity index is 1.74. The molecule has 0 fully saturated rings. The van der Waals surface area contributed by atoms with Crippen molar-refractivity contribution in [3.63, 3.8) is 0 Å². The Kier molecular flexibility index (Phi) is 5.23. The van der Waals surface area contributed by atoms with Gasteiger partial charge in [0.25, 0.3) is 0 Å². The van der Waals surface area contributed by atoms with Gasteiger partial charge < -0.3 is 4.74 Å². The van der Waals surface area contributed by atoms with Crippen LogP contribution in [-0.4, -0.2) is 22.8 Å². The number of halogens is 1. The second kappa shape index (κ2) is 7.58. The Morgan fingerprint density at radius 2 is 1.73 bits per heavy atom. The third-order valence-electron chi connectivity index (χ3n) is 3.78. The Morgan fingerprint density at radius 1 is 1.08 bits per heavy atom. The standard InChI is InChI=1S/C20H16FNO3S/c1-12-18(26-19(22-12)15-6-4-3-5-7-15)20(24)25-13(2)17(23)14-8-10-16(21)11-9-14/h3-11,13H,1-2H3/t13-/m0/s1. The number of esters is 1. The molecule has 4 nitrogen and oxygen atoms in total. The van der Waals surface area contributed by atoms with E-state index in [-0.39, 0.29) is 11.3 Å². The molecule has 0 bridgehead atoms. The van der Waals surface area contributed by atoms with Crippen LogP contribution in [0.2, 0.25) is 0 Å². The van der Waals surface area contributed by atoms with Gasteiger partial charge in [-0.1, -0.05) is 30.3 Å². The summed E-state index contributed by atoms with van der Waals surface area (Å²) in [5, 5.41) is 0.715. The molecule has 0 radical (unpaired) electrons. The fraction of sp³-hybridized carbons (Fsp3) is 0.150. The van der Waals surface area contributed by atoms with Crippen LogP contribution in [0.3, 0.4) is 0 Å². The van der Waals surface area contributed by atoms with E-state index in [1.807, 2.05) is 30.3 Å². The fourth-order valence-electron chi connectivity index (χ4n) is 2.41. The third kappa shape index (κ3) is 3.86. The number of nitrogens with zero attached hydrogens (tertiary/aromatic N) is 1. The molecule has 0 aliphatic heterocycles. The lowest BCUT2D eigenvalue weighted by molar-refractivity contribution is 0.0322. The first-order valence-corrected chi connectivity index (χ1v) is 8.81. The molecule has 0 saturated carbocycles. The first-order valence-electron chi connectivity index (χ1n) is 7.99. The highest BCUT2D eigenvalue weighted by molar-refractivity contribution is 7.17. The molecule has 0 spiro atoms. The van der Waals surface area contributed by atoms with Crippen molar-refractivity contribution < 1.29 is 18.7 Å². The SMILES string of the molecule is Cc1nc(-c2ccccc2)sc1C(=O)O[C@@H](C)C(=O)c1ccc(F)cc1. The van der Waals surface area contributed by atoms with Crippen molar-refractivity contribution in [1.29, 1.82) is 0 Å². The molecular formula is C20H16FNO3S. The highest BCUT2D eigenvalue weighted by atomic mass is 32.1. The van der Waals surface area contributed by atoms with Crippen molar-refractivity contribution in [3.05, 3.63) is 76.5 Å². The van der Waals surface area contributed by atoms with E-state index < -0.39 is 17.9 Å². The van der Waals surface area contributed by atoms with Crippen molar-refractivity contribution in [2.45, 2.75) is 20.0 Å². The van der Waals surface area contributed by atoms with E-state index in [2.05, 4.69) is 4.98 Å². The number of aryl methyl sites for hydroxylation is 1. The predicted molar refractivity (Wildman–Crippen MR) is 97.9 cm³/mol. The summed E-state index contributed by atoms with van der Waals surface area (Å²) in [5.41, 5.74) is 1.76. The largest absolute Gasteiger partial charge is 0.450 e. The fourth-order valence-corrected chi connectivity index (χ4v) is 3.36. The van der Waals surface area contributed by atoms with Crippen LogP contribution in [0.1, 0.15) is 32.6 Å². The van der Waals surface area contributed by atoms with Crippen LogP contribution in [0.15, 0.2) is 54.6 Å². The van der Waals surface area contributed by atoms with Crippen molar-refractivity contribution in [1.82, 2.24) is 4.98 Å². The molecular weight excluding hydrogens is 353 g/mol. The maximum atomic E-state index is 13.0. The number of Topliss-reactive ketones (excluding diaryl/α,β-unsaturated/α-hetero) is 1. The summed E-state index contributed by atoms with van der Waals surface area (Å²) < 4.78 is 18.3. The summed E-state index contributed by atoms with van der Waals surface area (Å²) in [6.07, 6.45) is -0.977. The summed E-state index contributed by atoms with van der Waals surface area (Å²) in [4.78, 5) is 29.5. The van der Waals surface area contributed by atoms with Gasteiger partial charge in [0, 0.05) is 11.1 Å². The molecule has 1 heterocycles. The van der Waals surface area contributed by atoms with E-state index in [4.69, 9.17) is 4.74 Å². The van der Waals surface area contributed by atoms with Gasteiger partial charge in [-0.15, -0.1) is 11.3 Å². The van der Waals surface area contributed by atoms with Crippen molar-refractivity contribution in [2.75, 3.05) is 0 Å². The van der Waals surface area contributed by atoms with Gasteiger partial charge in [0.05, 0.1) is 5.69 Å². The van der Waals surface area contributed by atoms with Crippen molar-refractivity contribution in [3.8, 4) is 10.6 Å². The van der Waals surface area contributed by atoms with Crippen LogP contribution in [0, 0.1) is 12.7 Å². The van der Waals surface area contributed by atoms with Gasteiger partial charge in [-0.25, -0.2) is 14.2 Å². The molecule has 0 saturated heterocycles. The van der Waals surface area contributed by atoms with E-state index in [0.29, 0.717) is 15.6 Å².